The SMILES string of the molecule is CC(C)c1[nH]nc(C(=O)N2CCCC(CNS(C)(=O)=O)C2)c1Br. The second-order valence-electron chi connectivity index (χ2n) is 6.33. The first-order valence-electron chi connectivity index (χ1n) is 7.66. The maximum atomic E-state index is 12.7. The van der Waals surface area contributed by atoms with Crippen molar-refractivity contribution in [3.63, 3.8) is 0 Å². The zero-order chi connectivity index (χ0) is 17.2. The fraction of sp³-hybridized carbons (Fsp3) is 0.714. The lowest BCUT2D eigenvalue weighted by Crippen LogP contribution is -2.43. The van der Waals surface area contributed by atoms with E-state index in [0.717, 1.165) is 24.8 Å². The topological polar surface area (TPSA) is 95.2 Å². The summed E-state index contributed by atoms with van der Waals surface area (Å²) in [4.78, 5) is 14.4. The number of nitrogens with one attached hydrogen (secondary N) is 2. The average molecular weight is 407 g/mol. The van der Waals surface area contributed by atoms with Crippen LogP contribution in [0.4, 0.5) is 0 Å². The number of piperidine rings is 1. The van der Waals surface area contributed by atoms with Gasteiger partial charge in [0.2, 0.25) is 10.0 Å². The Bertz CT molecular complexity index is 672. The van der Waals surface area contributed by atoms with Gasteiger partial charge in [-0.3, -0.25) is 9.89 Å². The average Bonchev–Trinajstić information content (AvgIpc) is 2.86. The van der Waals surface area contributed by atoms with E-state index in [4.69, 9.17) is 0 Å². The number of carbonyl (C=O) groups excluding carboxylic acids is 1. The molecule has 1 fully saturated rings. The molecule has 1 aliphatic rings. The minimum absolute atomic E-state index is 0.121. The van der Waals surface area contributed by atoms with Crippen LogP contribution in [-0.4, -0.2) is 55.3 Å². The second-order valence-corrected chi connectivity index (χ2v) is 8.96. The van der Waals surface area contributed by atoms with Crippen molar-refractivity contribution in [2.45, 2.75) is 32.6 Å². The van der Waals surface area contributed by atoms with Gasteiger partial charge in [0.25, 0.3) is 5.91 Å². The summed E-state index contributed by atoms with van der Waals surface area (Å²) in [5, 5.41) is 7.06. The second kappa shape index (κ2) is 7.31. The number of aromatic amines is 1. The van der Waals surface area contributed by atoms with Gasteiger partial charge < -0.3 is 4.90 Å². The van der Waals surface area contributed by atoms with Gasteiger partial charge in [-0.15, -0.1) is 0 Å². The molecule has 1 aliphatic heterocycles. The molecule has 0 saturated carbocycles. The number of hydrogen-bond acceptors (Lipinski definition) is 4. The van der Waals surface area contributed by atoms with Gasteiger partial charge in [-0.05, 0) is 40.6 Å². The minimum Gasteiger partial charge on any atom is -0.337 e. The van der Waals surface area contributed by atoms with Crippen LogP contribution in [0.2, 0.25) is 0 Å². The number of H-pyrrole nitrogens is 1. The fourth-order valence-corrected chi connectivity index (χ4v) is 4.04. The molecule has 0 aromatic carbocycles. The van der Waals surface area contributed by atoms with E-state index in [1.54, 1.807) is 4.90 Å². The Morgan fingerprint density at radius 1 is 1.52 bits per heavy atom. The van der Waals surface area contributed by atoms with Crippen LogP contribution in [0.15, 0.2) is 4.47 Å². The van der Waals surface area contributed by atoms with Crippen molar-refractivity contribution in [2.75, 3.05) is 25.9 Å². The summed E-state index contributed by atoms with van der Waals surface area (Å²) in [6, 6.07) is 0. The third-order valence-corrected chi connectivity index (χ3v) is 5.45. The molecular formula is C14H23BrN4O3S. The Morgan fingerprint density at radius 2 is 2.22 bits per heavy atom. The highest BCUT2D eigenvalue weighted by Gasteiger charge is 2.28. The molecule has 7 nitrogen and oxygen atoms in total. The third-order valence-electron chi connectivity index (χ3n) is 3.95. The van der Waals surface area contributed by atoms with Gasteiger partial charge in [0, 0.05) is 19.6 Å². The maximum absolute atomic E-state index is 12.7. The first-order chi connectivity index (χ1) is 10.7. The number of aromatic nitrogens is 2. The first kappa shape index (κ1) is 18.4. The van der Waals surface area contributed by atoms with Gasteiger partial charge in [0.05, 0.1) is 16.4 Å². The lowest BCUT2D eigenvalue weighted by atomic mass is 9.98. The van der Waals surface area contributed by atoms with Gasteiger partial charge in [-0.25, -0.2) is 13.1 Å². The molecular weight excluding hydrogens is 384 g/mol. The van der Waals surface area contributed by atoms with Gasteiger partial charge in [-0.2, -0.15) is 5.10 Å². The Balaban J connectivity index is 2.05. The first-order valence-corrected chi connectivity index (χ1v) is 10.3. The van der Waals surface area contributed by atoms with Crippen LogP contribution in [0.25, 0.3) is 0 Å². The molecule has 0 bridgehead atoms. The Kier molecular flexibility index (Phi) is 5.85. The molecule has 1 aromatic heterocycles. The van der Waals surface area contributed by atoms with Gasteiger partial charge in [0.1, 0.15) is 0 Å². The maximum Gasteiger partial charge on any atom is 0.275 e. The van der Waals surface area contributed by atoms with Crippen LogP contribution in [0, 0.1) is 5.92 Å². The van der Waals surface area contributed by atoms with Crippen LogP contribution < -0.4 is 4.72 Å². The molecule has 1 amide bonds. The highest BCUT2D eigenvalue weighted by Crippen LogP contribution is 2.27. The standard InChI is InChI=1S/C14H23BrN4O3S/c1-9(2)12-11(15)13(18-17-12)14(20)19-6-4-5-10(8-19)7-16-23(3,21)22/h9-10,16H,4-8H2,1-3H3,(H,17,18). The number of hydrogen-bond donors (Lipinski definition) is 2. The Morgan fingerprint density at radius 3 is 2.78 bits per heavy atom. The van der Waals surface area contributed by atoms with Crippen LogP contribution in [0.5, 0.6) is 0 Å². The number of rotatable bonds is 5. The van der Waals surface area contributed by atoms with Crippen molar-refractivity contribution in [3.05, 3.63) is 15.9 Å². The molecule has 1 unspecified atom stereocenters. The zero-order valence-corrected chi connectivity index (χ0v) is 16.0. The van der Waals surface area contributed by atoms with Crippen molar-refractivity contribution in [3.8, 4) is 0 Å². The summed E-state index contributed by atoms with van der Waals surface area (Å²) in [6.07, 6.45) is 2.92. The van der Waals surface area contributed by atoms with E-state index < -0.39 is 10.0 Å². The monoisotopic (exact) mass is 406 g/mol. The van der Waals surface area contributed by atoms with Crippen molar-refractivity contribution >= 4 is 31.9 Å². The Hall–Kier alpha value is -0.930. The zero-order valence-electron chi connectivity index (χ0n) is 13.6. The van der Waals surface area contributed by atoms with Crippen molar-refractivity contribution in [1.82, 2.24) is 19.8 Å². The van der Waals surface area contributed by atoms with Crippen LogP contribution >= 0.6 is 15.9 Å². The predicted molar refractivity (Wildman–Crippen MR) is 91.9 cm³/mol. The van der Waals surface area contributed by atoms with Gasteiger partial charge >= 0.3 is 0 Å². The molecule has 23 heavy (non-hydrogen) atoms. The Labute approximate surface area is 145 Å². The van der Waals surface area contributed by atoms with Crippen molar-refractivity contribution in [1.29, 1.82) is 0 Å². The van der Waals surface area contributed by atoms with E-state index in [1.165, 1.54) is 0 Å². The van der Waals surface area contributed by atoms with E-state index in [-0.39, 0.29) is 17.7 Å². The number of amides is 1. The van der Waals surface area contributed by atoms with Gasteiger partial charge in [-0.1, -0.05) is 13.8 Å². The molecule has 130 valence electrons. The fourth-order valence-electron chi connectivity index (χ4n) is 2.70. The molecule has 0 aliphatic carbocycles. The van der Waals surface area contributed by atoms with Crippen LogP contribution in [0.1, 0.15) is 48.8 Å². The van der Waals surface area contributed by atoms with Crippen molar-refractivity contribution < 1.29 is 13.2 Å². The van der Waals surface area contributed by atoms with E-state index in [2.05, 4.69) is 30.8 Å². The quantitative estimate of drug-likeness (QED) is 0.777. The van der Waals surface area contributed by atoms with E-state index in [1.807, 2.05) is 13.8 Å². The van der Waals surface area contributed by atoms with E-state index >= 15 is 0 Å². The summed E-state index contributed by atoms with van der Waals surface area (Å²) in [5.41, 5.74) is 1.30. The van der Waals surface area contributed by atoms with Crippen molar-refractivity contribution in [2.24, 2.45) is 5.92 Å². The number of sulfonamides is 1. The summed E-state index contributed by atoms with van der Waals surface area (Å²) in [6.45, 7) is 5.63. The molecule has 2 rings (SSSR count). The molecule has 0 spiro atoms. The van der Waals surface area contributed by atoms with Crippen LogP contribution in [-0.2, 0) is 10.0 Å². The highest BCUT2D eigenvalue weighted by molar-refractivity contribution is 9.10. The summed E-state index contributed by atoms with van der Waals surface area (Å²) in [5.74, 6) is 0.250. The number of halogens is 1. The summed E-state index contributed by atoms with van der Waals surface area (Å²) >= 11 is 3.46. The predicted octanol–water partition coefficient (Wildman–Crippen LogP) is 1.70. The van der Waals surface area contributed by atoms with E-state index in [0.29, 0.717) is 29.8 Å². The third kappa shape index (κ3) is 4.77. The number of likely N-dealkylation sites (tertiary alicyclic amines) is 1. The molecule has 1 aromatic rings. The van der Waals surface area contributed by atoms with E-state index in [9.17, 15) is 13.2 Å². The minimum atomic E-state index is -3.20. The number of nitrogens with zero attached hydrogens (tertiary/aromatic N) is 2. The molecule has 1 atom stereocenters. The van der Waals surface area contributed by atoms with Gasteiger partial charge in [0.15, 0.2) is 5.69 Å². The largest absolute Gasteiger partial charge is 0.337 e. The number of carbonyl (C=O) groups is 1. The summed E-state index contributed by atoms with van der Waals surface area (Å²) in [7, 11) is -3.20. The van der Waals surface area contributed by atoms with Crippen LogP contribution in [0.3, 0.4) is 0 Å². The molecule has 1 saturated heterocycles. The normalized spacial score (nSPS) is 19.3. The molecule has 0 radical (unpaired) electrons. The molecule has 2 N–H and O–H groups in total. The smallest absolute Gasteiger partial charge is 0.275 e. The summed E-state index contributed by atoms with van der Waals surface area (Å²) < 4.78 is 25.7. The molecule has 2 heterocycles. The lowest BCUT2D eigenvalue weighted by Gasteiger charge is -2.32. The molecule has 9 heteroatoms. The highest BCUT2D eigenvalue weighted by atomic mass is 79.9. The lowest BCUT2D eigenvalue weighted by molar-refractivity contribution is 0.0669.